The van der Waals surface area contributed by atoms with Crippen molar-refractivity contribution in [2.75, 3.05) is 5.32 Å². The number of furan rings is 1. The number of nitrogens with one attached hydrogen (secondary N) is 1. The van der Waals surface area contributed by atoms with E-state index in [-0.39, 0.29) is 41.9 Å². The number of benzene rings is 2. The summed E-state index contributed by atoms with van der Waals surface area (Å²) in [5.74, 6) is -7.02. The lowest BCUT2D eigenvalue weighted by Gasteiger charge is -2.46. The molecule has 1 saturated carbocycles. The summed E-state index contributed by atoms with van der Waals surface area (Å²) in [6, 6.07) is 13.0. The number of fused-ring (bicyclic) bond motifs is 3. The van der Waals surface area contributed by atoms with Crippen molar-refractivity contribution in [1.82, 2.24) is 0 Å². The molecule has 3 aromatic rings. The van der Waals surface area contributed by atoms with Crippen molar-refractivity contribution in [1.29, 1.82) is 0 Å². The van der Waals surface area contributed by atoms with Crippen LogP contribution in [0.15, 0.2) is 76.1 Å². The van der Waals surface area contributed by atoms with Crippen LogP contribution in [0.3, 0.4) is 0 Å². The summed E-state index contributed by atoms with van der Waals surface area (Å²) < 4.78 is 5.10. The zero-order chi connectivity index (χ0) is 29.2. The van der Waals surface area contributed by atoms with Gasteiger partial charge in [-0.3, -0.25) is 19.2 Å². The van der Waals surface area contributed by atoms with Gasteiger partial charge in [0.15, 0.2) is 17.1 Å². The average Bonchev–Trinajstić information content (AvgIpc) is 3.47. The van der Waals surface area contributed by atoms with Crippen LogP contribution >= 0.6 is 0 Å². The molecule has 6 rings (SSSR count). The van der Waals surface area contributed by atoms with E-state index in [1.807, 2.05) is 0 Å². The number of carbonyl (C=O) groups is 4. The second-order valence-electron chi connectivity index (χ2n) is 10.4. The van der Waals surface area contributed by atoms with Crippen LogP contribution < -0.4 is 11.1 Å². The van der Waals surface area contributed by atoms with Gasteiger partial charge in [-0.25, -0.2) is 0 Å². The lowest BCUT2D eigenvalue weighted by molar-refractivity contribution is -0.147. The quantitative estimate of drug-likeness (QED) is 0.261. The van der Waals surface area contributed by atoms with Gasteiger partial charge in [0.1, 0.15) is 22.8 Å². The summed E-state index contributed by atoms with van der Waals surface area (Å²) >= 11 is 0. The van der Waals surface area contributed by atoms with E-state index < -0.39 is 57.9 Å². The highest BCUT2D eigenvalue weighted by Gasteiger charge is 2.60. The number of aliphatic hydroxyl groups is 3. The molecule has 0 bridgehead atoms. The van der Waals surface area contributed by atoms with Gasteiger partial charge in [0.2, 0.25) is 5.78 Å². The molecule has 1 heterocycles. The number of ketones is 2. The van der Waals surface area contributed by atoms with Gasteiger partial charge in [-0.2, -0.15) is 0 Å². The molecular weight excluding hydrogens is 532 g/mol. The molecule has 3 aliphatic carbocycles. The number of phenolic OH excluding ortho intramolecular Hbond substituents is 1. The number of nitrogens with two attached hydrogens (primary N) is 1. The van der Waals surface area contributed by atoms with E-state index in [2.05, 4.69) is 5.32 Å². The number of carbonyl (C=O) groups excluding carboxylic acids is 4. The minimum atomic E-state index is -2.61. The molecular formula is C30H24N2O9. The zero-order valence-electron chi connectivity index (χ0n) is 21.4. The summed E-state index contributed by atoms with van der Waals surface area (Å²) in [7, 11) is 0. The summed E-state index contributed by atoms with van der Waals surface area (Å²) in [5.41, 5.74) is 3.98. The normalized spacial score (nSPS) is 23.5. The van der Waals surface area contributed by atoms with E-state index in [0.29, 0.717) is 22.4 Å². The van der Waals surface area contributed by atoms with Gasteiger partial charge < -0.3 is 35.9 Å². The van der Waals surface area contributed by atoms with Crippen molar-refractivity contribution < 1.29 is 44.0 Å². The van der Waals surface area contributed by atoms with Crippen LogP contribution in [0.25, 0.3) is 16.9 Å². The Bertz CT molecular complexity index is 1720. The number of hydrogen-bond donors (Lipinski definition) is 6. The van der Waals surface area contributed by atoms with Gasteiger partial charge in [-0.05, 0) is 65.8 Å². The molecule has 0 saturated heterocycles. The number of Topliss-reactive ketones (excluding diaryl/α,β-unsaturated/α-hetero) is 2. The number of anilines is 1. The SMILES string of the molecule is NC(=O)C1=C(O)C2(O)C(=O)C3=C(O)c4c(O)ccc(-c5ccc(NC(=O)c6ccco6)cc5)c4CC3CC2CC1=O. The second-order valence-corrected chi connectivity index (χ2v) is 10.4. The first-order valence-corrected chi connectivity index (χ1v) is 12.8. The van der Waals surface area contributed by atoms with E-state index in [4.69, 9.17) is 10.2 Å². The molecule has 11 heteroatoms. The van der Waals surface area contributed by atoms with Crippen LogP contribution in [0.5, 0.6) is 5.75 Å². The smallest absolute Gasteiger partial charge is 0.291 e. The molecule has 1 fully saturated rings. The highest BCUT2D eigenvalue weighted by Crippen LogP contribution is 2.53. The van der Waals surface area contributed by atoms with Gasteiger partial charge in [0.25, 0.3) is 11.8 Å². The van der Waals surface area contributed by atoms with Crippen LogP contribution in [-0.4, -0.2) is 49.4 Å². The number of phenols is 1. The van der Waals surface area contributed by atoms with E-state index in [1.54, 1.807) is 36.4 Å². The largest absolute Gasteiger partial charge is 0.508 e. The van der Waals surface area contributed by atoms with Crippen LogP contribution in [0.1, 0.15) is 34.5 Å². The number of aliphatic hydroxyl groups excluding tert-OH is 2. The molecule has 11 nitrogen and oxygen atoms in total. The Kier molecular flexibility index (Phi) is 5.86. The molecule has 3 unspecified atom stereocenters. The molecule has 208 valence electrons. The Balaban J connectivity index is 1.39. The fraction of sp³-hybridized carbons (Fsp3) is 0.200. The predicted molar refractivity (Wildman–Crippen MR) is 143 cm³/mol. The van der Waals surface area contributed by atoms with Crippen molar-refractivity contribution in [2.24, 2.45) is 17.6 Å². The molecule has 41 heavy (non-hydrogen) atoms. The summed E-state index contributed by atoms with van der Waals surface area (Å²) in [5, 5.41) is 46.8. The van der Waals surface area contributed by atoms with Gasteiger partial charge in [-0.15, -0.1) is 0 Å². The first-order valence-electron chi connectivity index (χ1n) is 12.8. The Morgan fingerprint density at radius 1 is 1.00 bits per heavy atom. The van der Waals surface area contributed by atoms with Crippen molar-refractivity contribution >= 4 is 34.8 Å². The topological polar surface area (TPSA) is 200 Å². The summed E-state index contributed by atoms with van der Waals surface area (Å²) in [4.78, 5) is 50.3. The lowest BCUT2D eigenvalue weighted by Crippen LogP contribution is -2.58. The summed E-state index contributed by atoms with van der Waals surface area (Å²) in [6.07, 6.45) is 1.22. The predicted octanol–water partition coefficient (Wildman–Crippen LogP) is 2.94. The second kappa shape index (κ2) is 9.20. The van der Waals surface area contributed by atoms with Gasteiger partial charge in [0.05, 0.1) is 11.8 Å². The molecule has 0 radical (unpaired) electrons. The van der Waals surface area contributed by atoms with Crippen molar-refractivity contribution in [2.45, 2.75) is 24.9 Å². The molecule has 0 spiro atoms. The fourth-order valence-corrected chi connectivity index (χ4v) is 6.23. The first-order chi connectivity index (χ1) is 19.5. The van der Waals surface area contributed by atoms with Crippen LogP contribution in [0, 0.1) is 11.8 Å². The third-order valence-corrected chi connectivity index (χ3v) is 8.15. The molecule has 3 atom stereocenters. The molecule has 7 N–H and O–H groups in total. The number of hydrogen-bond acceptors (Lipinski definition) is 9. The Hall–Kier alpha value is -5.16. The van der Waals surface area contributed by atoms with Gasteiger partial charge >= 0.3 is 0 Å². The number of primary amides is 1. The Morgan fingerprint density at radius 2 is 1.73 bits per heavy atom. The molecule has 1 aromatic heterocycles. The average molecular weight is 557 g/mol. The minimum absolute atomic E-state index is 0.00447. The third kappa shape index (κ3) is 3.85. The first kappa shape index (κ1) is 26.1. The summed E-state index contributed by atoms with van der Waals surface area (Å²) in [6.45, 7) is 0. The van der Waals surface area contributed by atoms with E-state index in [0.717, 1.165) is 0 Å². The maximum atomic E-state index is 13.6. The maximum Gasteiger partial charge on any atom is 0.291 e. The molecule has 2 aromatic carbocycles. The van der Waals surface area contributed by atoms with Gasteiger partial charge in [-0.1, -0.05) is 18.2 Å². The Labute approximate surface area is 232 Å². The molecule has 0 aliphatic heterocycles. The zero-order valence-corrected chi connectivity index (χ0v) is 21.4. The van der Waals surface area contributed by atoms with Crippen molar-refractivity contribution in [3.05, 3.63) is 88.6 Å². The lowest BCUT2D eigenvalue weighted by atomic mass is 9.59. The third-order valence-electron chi connectivity index (χ3n) is 8.15. The standard InChI is InChI=1S/C30H24N2O9/c31-28(38)24-20(34)12-15-10-14-11-18-17(13-3-5-16(6-4-13)32-29(39)21-2-1-9-41-21)7-8-19(33)23(18)25(35)22(14)26(36)30(15,40)27(24)37/h1-9,14-15,33,35,37,40H,10-12H2,(H2,31,38)(H,32,39). The van der Waals surface area contributed by atoms with E-state index >= 15 is 0 Å². The molecule has 3 aliphatic rings. The highest BCUT2D eigenvalue weighted by molar-refractivity contribution is 6.22. The van der Waals surface area contributed by atoms with Crippen molar-refractivity contribution in [3.8, 4) is 16.9 Å². The number of aromatic hydroxyl groups is 1. The maximum absolute atomic E-state index is 13.6. The number of rotatable bonds is 4. The molecule has 2 amide bonds. The minimum Gasteiger partial charge on any atom is -0.508 e. The Morgan fingerprint density at radius 3 is 2.39 bits per heavy atom. The van der Waals surface area contributed by atoms with Crippen LogP contribution in [0.4, 0.5) is 5.69 Å². The van der Waals surface area contributed by atoms with Gasteiger partial charge in [0, 0.05) is 23.6 Å². The van der Waals surface area contributed by atoms with Crippen molar-refractivity contribution in [3.63, 3.8) is 0 Å². The fourth-order valence-electron chi connectivity index (χ4n) is 6.23. The van der Waals surface area contributed by atoms with E-state index in [1.165, 1.54) is 18.4 Å². The van der Waals surface area contributed by atoms with Crippen LogP contribution in [0.2, 0.25) is 0 Å². The highest BCUT2D eigenvalue weighted by atomic mass is 16.4. The number of amides is 2. The monoisotopic (exact) mass is 556 g/mol. The van der Waals surface area contributed by atoms with E-state index in [9.17, 15) is 39.6 Å². The van der Waals surface area contributed by atoms with Crippen LogP contribution in [-0.2, 0) is 20.8 Å².